The molecule has 3 heterocycles. The number of nitriles is 1. The molecule has 8 nitrogen and oxygen atoms in total. The van der Waals surface area contributed by atoms with E-state index in [1.807, 2.05) is 24.3 Å². The number of fused-ring (bicyclic) bond motifs is 1. The van der Waals surface area contributed by atoms with Crippen LogP contribution in [0.5, 0.6) is 0 Å². The Kier molecular flexibility index (Phi) is 6.25. The SMILES string of the molecule is N#Cc1ccc(S(=O)(=O)N2CCC(C(=O)Nc3ccc4nc(N5CCCC5)sc4c3)CC2)cc1. The molecule has 0 atom stereocenters. The summed E-state index contributed by atoms with van der Waals surface area (Å²) >= 11 is 1.65. The number of thiazole rings is 1. The Bertz CT molecular complexity index is 1350. The van der Waals surface area contributed by atoms with Crippen molar-refractivity contribution in [2.75, 3.05) is 36.4 Å². The summed E-state index contributed by atoms with van der Waals surface area (Å²) < 4.78 is 28.3. The van der Waals surface area contributed by atoms with Crippen molar-refractivity contribution >= 4 is 48.3 Å². The third-order valence-corrected chi connectivity index (χ3v) is 9.46. The van der Waals surface area contributed by atoms with Crippen molar-refractivity contribution < 1.29 is 13.2 Å². The first-order valence-corrected chi connectivity index (χ1v) is 13.7. The largest absolute Gasteiger partial charge is 0.348 e. The molecule has 5 rings (SSSR count). The summed E-state index contributed by atoms with van der Waals surface area (Å²) in [6.45, 7) is 2.66. The van der Waals surface area contributed by atoms with Crippen molar-refractivity contribution in [3.05, 3.63) is 48.0 Å². The van der Waals surface area contributed by atoms with Gasteiger partial charge in [0, 0.05) is 37.8 Å². The zero-order chi connectivity index (χ0) is 23.7. The van der Waals surface area contributed by atoms with E-state index in [2.05, 4.69) is 10.2 Å². The van der Waals surface area contributed by atoms with Gasteiger partial charge in [0.2, 0.25) is 15.9 Å². The van der Waals surface area contributed by atoms with Gasteiger partial charge in [-0.2, -0.15) is 9.57 Å². The van der Waals surface area contributed by atoms with Gasteiger partial charge in [-0.15, -0.1) is 0 Å². The summed E-state index contributed by atoms with van der Waals surface area (Å²) in [5, 5.41) is 13.0. The molecule has 2 saturated heterocycles. The van der Waals surface area contributed by atoms with Gasteiger partial charge < -0.3 is 10.2 Å². The van der Waals surface area contributed by atoms with Gasteiger partial charge in [-0.3, -0.25) is 4.79 Å². The van der Waals surface area contributed by atoms with Gasteiger partial charge in [-0.05, 0) is 68.1 Å². The molecule has 1 N–H and O–H groups in total. The van der Waals surface area contributed by atoms with Crippen LogP contribution < -0.4 is 10.2 Å². The lowest BCUT2D eigenvalue weighted by Gasteiger charge is -2.30. The van der Waals surface area contributed by atoms with E-state index in [1.54, 1.807) is 11.3 Å². The number of carbonyl (C=O) groups is 1. The van der Waals surface area contributed by atoms with E-state index in [1.165, 1.54) is 41.4 Å². The second kappa shape index (κ2) is 9.33. The molecular weight excluding hydrogens is 470 g/mol. The Balaban J connectivity index is 1.21. The maximum absolute atomic E-state index is 12.9. The fourth-order valence-electron chi connectivity index (χ4n) is 4.49. The highest BCUT2D eigenvalue weighted by molar-refractivity contribution is 7.89. The number of anilines is 2. The van der Waals surface area contributed by atoms with E-state index in [0.717, 1.165) is 34.1 Å². The second-order valence-corrected chi connectivity index (χ2v) is 11.6. The van der Waals surface area contributed by atoms with Crippen LogP contribution in [0, 0.1) is 17.2 Å². The van der Waals surface area contributed by atoms with E-state index in [4.69, 9.17) is 10.2 Å². The normalized spacial score (nSPS) is 17.7. The lowest BCUT2D eigenvalue weighted by atomic mass is 9.97. The van der Waals surface area contributed by atoms with Gasteiger partial charge in [0.1, 0.15) is 0 Å². The number of sulfonamides is 1. The standard InChI is InChI=1S/C24H25N5O3S2/c25-16-17-3-6-20(7-4-17)34(31,32)29-13-9-18(10-14-29)23(30)26-19-5-8-21-22(15-19)33-24(27-21)28-11-1-2-12-28/h3-8,15,18H,1-2,9-14H2,(H,26,30). The summed E-state index contributed by atoms with van der Waals surface area (Å²) in [5.74, 6) is -0.330. The van der Waals surface area contributed by atoms with Crippen LogP contribution >= 0.6 is 11.3 Å². The molecule has 0 radical (unpaired) electrons. The van der Waals surface area contributed by atoms with Crippen molar-refractivity contribution in [3.63, 3.8) is 0 Å². The number of amides is 1. The Morgan fingerprint density at radius 1 is 1.06 bits per heavy atom. The molecule has 34 heavy (non-hydrogen) atoms. The summed E-state index contributed by atoms with van der Waals surface area (Å²) in [6.07, 6.45) is 3.32. The summed E-state index contributed by atoms with van der Waals surface area (Å²) in [6, 6.07) is 13.7. The zero-order valence-corrected chi connectivity index (χ0v) is 20.2. The monoisotopic (exact) mass is 495 g/mol. The zero-order valence-electron chi connectivity index (χ0n) is 18.6. The summed E-state index contributed by atoms with van der Waals surface area (Å²) in [5.41, 5.74) is 2.09. The highest BCUT2D eigenvalue weighted by Crippen LogP contribution is 2.33. The van der Waals surface area contributed by atoms with Crippen molar-refractivity contribution in [2.45, 2.75) is 30.6 Å². The Morgan fingerprint density at radius 2 is 1.76 bits per heavy atom. The van der Waals surface area contributed by atoms with Crippen LogP contribution in [-0.2, 0) is 14.8 Å². The third kappa shape index (κ3) is 4.51. The molecule has 0 bridgehead atoms. The average Bonchev–Trinajstić information content (AvgIpc) is 3.54. The van der Waals surface area contributed by atoms with Gasteiger partial charge >= 0.3 is 0 Å². The number of rotatable bonds is 5. The quantitative estimate of drug-likeness (QED) is 0.577. The maximum Gasteiger partial charge on any atom is 0.243 e. The van der Waals surface area contributed by atoms with Crippen molar-refractivity contribution in [1.82, 2.24) is 9.29 Å². The fourth-order valence-corrected chi connectivity index (χ4v) is 7.01. The van der Waals surface area contributed by atoms with Crippen LogP contribution in [0.15, 0.2) is 47.4 Å². The van der Waals surface area contributed by atoms with Gasteiger partial charge in [0.25, 0.3) is 0 Å². The molecule has 1 aromatic heterocycles. The Morgan fingerprint density at radius 3 is 2.44 bits per heavy atom. The second-order valence-electron chi connectivity index (χ2n) is 8.68. The molecule has 2 aliphatic heterocycles. The molecule has 2 aliphatic rings. The van der Waals surface area contributed by atoms with Gasteiger partial charge in [0.05, 0.1) is 26.7 Å². The van der Waals surface area contributed by atoms with Crippen LogP contribution in [0.4, 0.5) is 10.8 Å². The number of nitrogens with zero attached hydrogens (tertiary/aromatic N) is 4. The molecule has 1 amide bonds. The molecule has 0 unspecified atom stereocenters. The lowest BCUT2D eigenvalue weighted by molar-refractivity contribution is -0.120. The number of hydrogen-bond acceptors (Lipinski definition) is 7. The topological polar surface area (TPSA) is 106 Å². The predicted molar refractivity (Wildman–Crippen MR) is 132 cm³/mol. The van der Waals surface area contributed by atoms with Gasteiger partial charge in [-0.1, -0.05) is 11.3 Å². The molecule has 0 spiro atoms. The van der Waals surface area contributed by atoms with Crippen LogP contribution in [0.2, 0.25) is 0 Å². The molecule has 3 aromatic rings. The molecule has 2 fully saturated rings. The van der Waals surface area contributed by atoms with E-state index in [0.29, 0.717) is 18.4 Å². The van der Waals surface area contributed by atoms with Crippen molar-refractivity contribution in [1.29, 1.82) is 5.26 Å². The number of piperidine rings is 1. The predicted octanol–water partition coefficient (Wildman–Crippen LogP) is 3.81. The van der Waals surface area contributed by atoms with Gasteiger partial charge in [-0.25, -0.2) is 13.4 Å². The number of carbonyl (C=O) groups excluding carboxylic acids is 1. The van der Waals surface area contributed by atoms with Gasteiger partial charge in [0.15, 0.2) is 5.13 Å². The Hall–Kier alpha value is -3.00. The first-order valence-electron chi connectivity index (χ1n) is 11.4. The van der Waals surface area contributed by atoms with E-state index < -0.39 is 10.0 Å². The van der Waals surface area contributed by atoms with E-state index in [9.17, 15) is 13.2 Å². The minimum Gasteiger partial charge on any atom is -0.348 e. The average molecular weight is 496 g/mol. The molecule has 0 aliphatic carbocycles. The Labute approximate surface area is 202 Å². The minimum atomic E-state index is -3.64. The molecule has 2 aromatic carbocycles. The minimum absolute atomic E-state index is 0.0842. The first kappa shape index (κ1) is 22.8. The van der Waals surface area contributed by atoms with Crippen molar-refractivity contribution in [2.24, 2.45) is 5.92 Å². The highest BCUT2D eigenvalue weighted by Gasteiger charge is 2.32. The van der Waals surface area contributed by atoms with E-state index >= 15 is 0 Å². The van der Waals surface area contributed by atoms with E-state index in [-0.39, 0.29) is 29.8 Å². The lowest BCUT2D eigenvalue weighted by Crippen LogP contribution is -2.41. The van der Waals surface area contributed by atoms with Crippen LogP contribution in [0.25, 0.3) is 10.2 Å². The molecular formula is C24H25N5O3S2. The van der Waals surface area contributed by atoms with Crippen LogP contribution in [-0.4, -0.2) is 49.8 Å². The third-order valence-electron chi connectivity index (χ3n) is 6.47. The number of aromatic nitrogens is 1. The van der Waals surface area contributed by atoms with Crippen molar-refractivity contribution in [3.8, 4) is 6.07 Å². The van der Waals surface area contributed by atoms with Crippen LogP contribution in [0.3, 0.4) is 0 Å². The number of benzene rings is 2. The number of hydrogen-bond donors (Lipinski definition) is 1. The fraction of sp³-hybridized carbons (Fsp3) is 0.375. The molecule has 0 saturated carbocycles. The molecule has 10 heteroatoms. The highest BCUT2D eigenvalue weighted by atomic mass is 32.2. The summed E-state index contributed by atoms with van der Waals surface area (Å²) in [4.78, 5) is 20.1. The molecule has 176 valence electrons. The van der Waals surface area contributed by atoms with Crippen LogP contribution in [0.1, 0.15) is 31.2 Å². The number of nitrogens with one attached hydrogen (secondary N) is 1. The maximum atomic E-state index is 12.9. The first-order chi connectivity index (χ1) is 16.4. The summed E-state index contributed by atoms with van der Waals surface area (Å²) in [7, 11) is -3.64. The smallest absolute Gasteiger partial charge is 0.243 e.